The quantitative estimate of drug-likeness (QED) is 0.655. The molecule has 0 spiro atoms. The summed E-state index contributed by atoms with van der Waals surface area (Å²) in [5, 5.41) is 9.76. The summed E-state index contributed by atoms with van der Waals surface area (Å²) < 4.78 is 5.40. The largest absolute Gasteiger partial charge is 0.389 e. The maximum absolute atomic E-state index is 9.76. The summed E-state index contributed by atoms with van der Waals surface area (Å²) in [6, 6.07) is 0.635. The summed E-state index contributed by atoms with van der Waals surface area (Å²) in [6.45, 7) is 7.55. The minimum absolute atomic E-state index is 0.317. The van der Waals surface area contributed by atoms with Gasteiger partial charge in [0.2, 0.25) is 0 Å². The van der Waals surface area contributed by atoms with Gasteiger partial charge >= 0.3 is 0 Å². The van der Waals surface area contributed by atoms with Gasteiger partial charge < -0.3 is 9.84 Å². The molecule has 1 saturated heterocycles. The normalized spacial score (nSPS) is 24.6. The van der Waals surface area contributed by atoms with Crippen molar-refractivity contribution in [2.75, 3.05) is 26.3 Å². The molecule has 1 N–H and O–H groups in total. The number of ether oxygens (including phenoxy) is 1. The minimum Gasteiger partial charge on any atom is -0.389 e. The van der Waals surface area contributed by atoms with Crippen molar-refractivity contribution in [3.63, 3.8) is 0 Å². The van der Waals surface area contributed by atoms with Crippen molar-refractivity contribution in [1.82, 2.24) is 4.90 Å². The van der Waals surface area contributed by atoms with Gasteiger partial charge in [0.25, 0.3) is 0 Å². The molecule has 1 aliphatic rings. The molecule has 1 rings (SSSR count). The van der Waals surface area contributed by atoms with Gasteiger partial charge in [0.05, 0.1) is 12.7 Å². The summed E-state index contributed by atoms with van der Waals surface area (Å²) in [7, 11) is 0. The van der Waals surface area contributed by atoms with E-state index in [-0.39, 0.29) is 6.10 Å². The molecular weight excluding hydrogens is 190 g/mol. The number of β-amino-alcohol motifs (C(OH)–C–C–N with tert-alkyl or cyclic N) is 1. The maximum atomic E-state index is 9.76. The van der Waals surface area contributed by atoms with Crippen LogP contribution in [-0.4, -0.2) is 48.5 Å². The highest BCUT2D eigenvalue weighted by Gasteiger charge is 2.22. The first-order valence-corrected chi connectivity index (χ1v) is 6.24. The Kier molecular flexibility index (Phi) is 6.22. The average Bonchev–Trinajstić information content (AvgIpc) is 2.59. The molecule has 2 atom stereocenters. The van der Waals surface area contributed by atoms with E-state index in [1.165, 1.54) is 12.8 Å². The zero-order valence-corrected chi connectivity index (χ0v) is 10.1. The van der Waals surface area contributed by atoms with Gasteiger partial charge in [0, 0.05) is 19.2 Å². The van der Waals surface area contributed by atoms with Crippen molar-refractivity contribution in [1.29, 1.82) is 0 Å². The molecule has 2 unspecified atom stereocenters. The summed E-state index contributed by atoms with van der Waals surface area (Å²) in [6.07, 6.45) is 4.46. The summed E-state index contributed by atoms with van der Waals surface area (Å²) in [4.78, 5) is 2.36. The van der Waals surface area contributed by atoms with Crippen LogP contribution in [0.4, 0.5) is 0 Å². The highest BCUT2D eigenvalue weighted by molar-refractivity contribution is 4.77. The van der Waals surface area contributed by atoms with Crippen LogP contribution in [0.5, 0.6) is 0 Å². The predicted octanol–water partition coefficient (Wildman–Crippen LogP) is 1.65. The molecular formula is C12H25NO2. The first-order chi connectivity index (χ1) is 7.24. The second-order valence-corrected chi connectivity index (χ2v) is 4.57. The van der Waals surface area contributed by atoms with E-state index in [0.717, 1.165) is 32.5 Å². The maximum Gasteiger partial charge on any atom is 0.0900 e. The van der Waals surface area contributed by atoms with Gasteiger partial charge in [-0.3, -0.25) is 4.90 Å². The van der Waals surface area contributed by atoms with E-state index in [2.05, 4.69) is 18.7 Å². The van der Waals surface area contributed by atoms with Crippen LogP contribution >= 0.6 is 0 Å². The molecule has 1 fully saturated rings. The van der Waals surface area contributed by atoms with Gasteiger partial charge in [-0.1, -0.05) is 13.3 Å². The average molecular weight is 215 g/mol. The number of aliphatic hydroxyl groups is 1. The van der Waals surface area contributed by atoms with Gasteiger partial charge in [0.15, 0.2) is 0 Å². The molecule has 0 saturated carbocycles. The van der Waals surface area contributed by atoms with E-state index in [9.17, 15) is 5.11 Å². The van der Waals surface area contributed by atoms with Crippen molar-refractivity contribution < 1.29 is 9.84 Å². The molecule has 1 aliphatic heterocycles. The zero-order valence-electron chi connectivity index (χ0n) is 10.1. The number of likely N-dealkylation sites (tertiary alicyclic amines) is 1. The van der Waals surface area contributed by atoms with E-state index in [1.54, 1.807) is 0 Å². The van der Waals surface area contributed by atoms with E-state index in [0.29, 0.717) is 12.6 Å². The van der Waals surface area contributed by atoms with E-state index < -0.39 is 0 Å². The van der Waals surface area contributed by atoms with Gasteiger partial charge in [-0.2, -0.15) is 0 Å². The number of aliphatic hydroxyl groups excluding tert-OH is 1. The van der Waals surface area contributed by atoms with Crippen LogP contribution < -0.4 is 0 Å². The van der Waals surface area contributed by atoms with Gasteiger partial charge in [-0.25, -0.2) is 0 Å². The summed E-state index contributed by atoms with van der Waals surface area (Å²) >= 11 is 0. The van der Waals surface area contributed by atoms with E-state index in [1.807, 2.05) is 0 Å². The Labute approximate surface area is 93.4 Å². The Morgan fingerprint density at radius 3 is 2.93 bits per heavy atom. The Bertz CT molecular complexity index is 164. The number of hydrogen-bond acceptors (Lipinski definition) is 3. The third-order valence-corrected chi connectivity index (χ3v) is 3.09. The molecule has 0 aromatic rings. The molecule has 0 aromatic carbocycles. The smallest absolute Gasteiger partial charge is 0.0900 e. The first kappa shape index (κ1) is 12.9. The van der Waals surface area contributed by atoms with E-state index >= 15 is 0 Å². The molecule has 0 aromatic heterocycles. The molecule has 3 nitrogen and oxygen atoms in total. The molecule has 0 aliphatic carbocycles. The van der Waals surface area contributed by atoms with Gasteiger partial charge in [-0.05, 0) is 32.7 Å². The highest BCUT2D eigenvalue weighted by atomic mass is 16.5. The Morgan fingerprint density at radius 1 is 1.53 bits per heavy atom. The van der Waals surface area contributed by atoms with Crippen LogP contribution in [0.15, 0.2) is 0 Å². The number of rotatable bonds is 7. The fraction of sp³-hybridized carbons (Fsp3) is 1.00. The second-order valence-electron chi connectivity index (χ2n) is 4.57. The second kappa shape index (κ2) is 7.20. The summed E-state index contributed by atoms with van der Waals surface area (Å²) in [5.74, 6) is 0. The Hall–Kier alpha value is -0.120. The third kappa shape index (κ3) is 4.96. The van der Waals surface area contributed by atoms with Gasteiger partial charge in [-0.15, -0.1) is 0 Å². The lowest BCUT2D eigenvalue weighted by atomic mass is 10.2. The van der Waals surface area contributed by atoms with Crippen LogP contribution in [-0.2, 0) is 4.74 Å². The van der Waals surface area contributed by atoms with Crippen LogP contribution in [0.1, 0.15) is 39.5 Å². The third-order valence-electron chi connectivity index (χ3n) is 3.09. The lowest BCUT2D eigenvalue weighted by Gasteiger charge is -2.23. The molecule has 1 heterocycles. The SMILES string of the molecule is CCCCOCC(O)CN1CCCC1C. The van der Waals surface area contributed by atoms with Crippen molar-refractivity contribution in [2.24, 2.45) is 0 Å². The summed E-state index contributed by atoms with van der Waals surface area (Å²) in [5.41, 5.74) is 0. The topological polar surface area (TPSA) is 32.7 Å². The molecule has 90 valence electrons. The lowest BCUT2D eigenvalue weighted by Crippen LogP contribution is -2.36. The van der Waals surface area contributed by atoms with Crippen molar-refractivity contribution in [3.05, 3.63) is 0 Å². The number of unbranched alkanes of at least 4 members (excludes halogenated alkanes) is 1. The van der Waals surface area contributed by atoms with Crippen LogP contribution in [0.2, 0.25) is 0 Å². The van der Waals surface area contributed by atoms with Crippen molar-refractivity contribution >= 4 is 0 Å². The van der Waals surface area contributed by atoms with Crippen LogP contribution in [0.3, 0.4) is 0 Å². The molecule has 0 amide bonds. The molecule has 0 radical (unpaired) electrons. The molecule has 0 bridgehead atoms. The van der Waals surface area contributed by atoms with Crippen molar-refractivity contribution in [3.8, 4) is 0 Å². The molecule has 3 heteroatoms. The number of nitrogens with zero attached hydrogens (tertiary/aromatic N) is 1. The van der Waals surface area contributed by atoms with E-state index in [4.69, 9.17) is 4.74 Å². The van der Waals surface area contributed by atoms with Crippen LogP contribution in [0.25, 0.3) is 0 Å². The first-order valence-electron chi connectivity index (χ1n) is 6.24. The fourth-order valence-corrected chi connectivity index (χ4v) is 2.05. The standard InChI is InChI=1S/C12H25NO2/c1-3-4-8-15-10-12(14)9-13-7-5-6-11(13)2/h11-12,14H,3-10H2,1-2H3. The highest BCUT2D eigenvalue weighted by Crippen LogP contribution is 2.16. The minimum atomic E-state index is -0.317. The lowest BCUT2D eigenvalue weighted by molar-refractivity contribution is 0.0147. The predicted molar refractivity (Wildman–Crippen MR) is 62.0 cm³/mol. The number of hydrogen-bond donors (Lipinski definition) is 1. The monoisotopic (exact) mass is 215 g/mol. The molecule has 15 heavy (non-hydrogen) atoms. The van der Waals surface area contributed by atoms with Gasteiger partial charge in [0.1, 0.15) is 0 Å². The van der Waals surface area contributed by atoms with Crippen LogP contribution in [0, 0.1) is 0 Å². The Balaban J connectivity index is 2.04. The van der Waals surface area contributed by atoms with Crippen molar-refractivity contribution in [2.45, 2.75) is 51.7 Å². The Morgan fingerprint density at radius 2 is 2.33 bits per heavy atom. The fourth-order valence-electron chi connectivity index (χ4n) is 2.05. The zero-order chi connectivity index (χ0) is 11.1.